The zero-order valence-electron chi connectivity index (χ0n) is 6.94. The lowest BCUT2D eigenvalue weighted by atomic mass is 10.2. The van der Waals surface area contributed by atoms with Gasteiger partial charge in [-0.15, -0.1) is 0 Å². The average Bonchev–Trinajstić information content (AvgIpc) is 2.02. The molecule has 12 heavy (non-hydrogen) atoms. The predicted octanol–water partition coefficient (Wildman–Crippen LogP) is -0.120. The molecule has 0 aromatic carbocycles. The molecular formula is C6H12N2O4. The Morgan fingerprint density at radius 1 is 1.58 bits per heavy atom. The van der Waals surface area contributed by atoms with Crippen molar-refractivity contribution in [3.05, 3.63) is 0 Å². The van der Waals surface area contributed by atoms with E-state index in [0.717, 1.165) is 0 Å². The summed E-state index contributed by atoms with van der Waals surface area (Å²) in [5.41, 5.74) is 0. The third-order valence-corrected chi connectivity index (χ3v) is 1.37. The highest BCUT2D eigenvalue weighted by molar-refractivity contribution is 5.76. The lowest BCUT2D eigenvalue weighted by Crippen LogP contribution is -2.37. The van der Waals surface area contributed by atoms with E-state index in [1.54, 1.807) is 0 Å². The number of nitrogens with zero attached hydrogens (tertiary/aromatic N) is 1. The van der Waals surface area contributed by atoms with E-state index in [9.17, 15) is 9.59 Å². The molecule has 0 aliphatic carbocycles. The molecule has 1 atom stereocenters. The summed E-state index contributed by atoms with van der Waals surface area (Å²) >= 11 is 0. The summed E-state index contributed by atoms with van der Waals surface area (Å²) in [6, 6.07) is -0.734. The average molecular weight is 176 g/mol. The molecule has 0 bridgehead atoms. The molecule has 0 saturated heterocycles. The first-order valence-corrected chi connectivity index (χ1v) is 3.40. The number of rotatable bonds is 3. The van der Waals surface area contributed by atoms with Gasteiger partial charge in [-0.3, -0.25) is 10.0 Å². The normalized spacial score (nSPS) is 11.9. The molecule has 0 heterocycles. The Kier molecular flexibility index (Phi) is 4.06. The molecule has 0 radical (unpaired) electrons. The maximum atomic E-state index is 10.7. The summed E-state index contributed by atoms with van der Waals surface area (Å²) in [4.78, 5) is 20.9. The second kappa shape index (κ2) is 4.55. The summed E-state index contributed by atoms with van der Waals surface area (Å²) in [5.74, 6) is -0.317. The first-order chi connectivity index (χ1) is 5.49. The standard InChI is InChI=1S/C6H12N2O4/c1-4(3-5(9)7-2)8(12)6(10)11/h4,12H,3H2,1-2H3,(H,7,9)(H,10,11). The Morgan fingerprint density at radius 3 is 2.42 bits per heavy atom. The number of carboxylic acid groups (broad SMARTS) is 1. The van der Waals surface area contributed by atoms with E-state index in [1.165, 1.54) is 14.0 Å². The highest BCUT2D eigenvalue weighted by Gasteiger charge is 2.18. The van der Waals surface area contributed by atoms with Gasteiger partial charge >= 0.3 is 6.09 Å². The van der Waals surface area contributed by atoms with E-state index in [4.69, 9.17) is 10.3 Å². The van der Waals surface area contributed by atoms with Crippen molar-refractivity contribution in [2.45, 2.75) is 19.4 Å². The van der Waals surface area contributed by atoms with Gasteiger partial charge in [0.1, 0.15) is 0 Å². The molecule has 2 amide bonds. The third-order valence-electron chi connectivity index (χ3n) is 1.37. The van der Waals surface area contributed by atoms with Gasteiger partial charge in [-0.05, 0) is 6.92 Å². The molecule has 0 spiro atoms. The number of hydrogen-bond donors (Lipinski definition) is 3. The molecule has 1 unspecified atom stereocenters. The van der Waals surface area contributed by atoms with E-state index < -0.39 is 12.1 Å². The predicted molar refractivity (Wildman–Crippen MR) is 39.8 cm³/mol. The third kappa shape index (κ3) is 3.20. The summed E-state index contributed by atoms with van der Waals surface area (Å²) in [5, 5.41) is 19.5. The van der Waals surface area contributed by atoms with Crippen LogP contribution in [0.25, 0.3) is 0 Å². The van der Waals surface area contributed by atoms with Gasteiger partial charge in [0.15, 0.2) is 0 Å². The fourth-order valence-corrected chi connectivity index (χ4v) is 0.645. The summed E-state index contributed by atoms with van der Waals surface area (Å²) in [6.45, 7) is 1.43. The van der Waals surface area contributed by atoms with Crippen molar-refractivity contribution in [3.8, 4) is 0 Å². The second-order valence-corrected chi connectivity index (χ2v) is 2.35. The Labute approximate surface area is 69.7 Å². The van der Waals surface area contributed by atoms with Crippen LogP contribution >= 0.6 is 0 Å². The fourth-order valence-electron chi connectivity index (χ4n) is 0.645. The molecule has 70 valence electrons. The van der Waals surface area contributed by atoms with E-state index in [2.05, 4.69) is 5.32 Å². The van der Waals surface area contributed by atoms with E-state index in [0.29, 0.717) is 0 Å². The highest BCUT2D eigenvalue weighted by atomic mass is 16.6. The van der Waals surface area contributed by atoms with Crippen molar-refractivity contribution in [2.75, 3.05) is 7.05 Å². The molecule has 0 fully saturated rings. The van der Waals surface area contributed by atoms with Gasteiger partial charge in [0.25, 0.3) is 0 Å². The number of hydroxylamine groups is 2. The Hall–Kier alpha value is -1.30. The van der Waals surface area contributed by atoms with Gasteiger partial charge in [0.2, 0.25) is 5.91 Å². The minimum absolute atomic E-state index is 0.0563. The molecule has 3 N–H and O–H groups in total. The smallest absolute Gasteiger partial charge is 0.431 e. The lowest BCUT2D eigenvalue weighted by Gasteiger charge is -2.18. The first kappa shape index (κ1) is 10.7. The molecule has 0 aliphatic heterocycles. The van der Waals surface area contributed by atoms with Gasteiger partial charge in [-0.1, -0.05) is 0 Å². The Balaban J connectivity index is 3.94. The lowest BCUT2D eigenvalue weighted by molar-refractivity contribution is -0.128. The number of amides is 2. The quantitative estimate of drug-likeness (QED) is 0.413. The van der Waals surface area contributed by atoms with Gasteiger partial charge in [-0.2, -0.15) is 5.06 Å². The number of carbonyl (C=O) groups excluding carboxylic acids is 1. The van der Waals surface area contributed by atoms with Crippen LogP contribution < -0.4 is 5.32 Å². The summed E-state index contributed by atoms with van der Waals surface area (Å²) < 4.78 is 0. The largest absolute Gasteiger partial charge is 0.463 e. The van der Waals surface area contributed by atoms with Crippen molar-refractivity contribution in [2.24, 2.45) is 0 Å². The summed E-state index contributed by atoms with van der Waals surface area (Å²) in [6.07, 6.45) is -1.52. The Morgan fingerprint density at radius 2 is 2.08 bits per heavy atom. The first-order valence-electron chi connectivity index (χ1n) is 3.40. The molecule has 0 aromatic heterocycles. The van der Waals surface area contributed by atoms with Crippen LogP contribution in [-0.4, -0.2) is 40.5 Å². The van der Waals surface area contributed by atoms with E-state index in [1.807, 2.05) is 0 Å². The summed E-state index contributed by atoms with van der Waals surface area (Å²) in [7, 11) is 1.44. The van der Waals surface area contributed by atoms with E-state index in [-0.39, 0.29) is 17.4 Å². The van der Waals surface area contributed by atoms with Crippen LogP contribution in [0.4, 0.5) is 4.79 Å². The van der Waals surface area contributed by atoms with Crippen molar-refractivity contribution in [1.29, 1.82) is 0 Å². The molecule has 0 saturated carbocycles. The van der Waals surface area contributed by atoms with Gasteiger partial charge in [0.05, 0.1) is 6.04 Å². The zero-order chi connectivity index (χ0) is 9.72. The number of carbonyl (C=O) groups is 2. The number of hydrogen-bond acceptors (Lipinski definition) is 3. The molecular weight excluding hydrogens is 164 g/mol. The molecule has 0 aromatic rings. The second-order valence-electron chi connectivity index (χ2n) is 2.35. The maximum Gasteiger partial charge on any atom is 0.431 e. The Bertz CT molecular complexity index is 182. The van der Waals surface area contributed by atoms with Crippen molar-refractivity contribution in [3.63, 3.8) is 0 Å². The van der Waals surface area contributed by atoms with Crippen molar-refractivity contribution < 1.29 is 19.9 Å². The molecule has 0 rings (SSSR count). The fraction of sp³-hybridized carbons (Fsp3) is 0.667. The SMILES string of the molecule is CNC(=O)CC(C)N(O)C(=O)O. The number of nitrogens with one attached hydrogen (secondary N) is 1. The highest BCUT2D eigenvalue weighted by Crippen LogP contribution is 2.00. The van der Waals surface area contributed by atoms with Crippen LogP contribution in [0.2, 0.25) is 0 Å². The van der Waals surface area contributed by atoms with Crippen LogP contribution in [-0.2, 0) is 4.79 Å². The van der Waals surface area contributed by atoms with Gasteiger partial charge in [0, 0.05) is 13.5 Å². The van der Waals surface area contributed by atoms with Crippen LogP contribution in [0.3, 0.4) is 0 Å². The van der Waals surface area contributed by atoms with Crippen LogP contribution in [0.1, 0.15) is 13.3 Å². The monoisotopic (exact) mass is 176 g/mol. The molecule has 6 nitrogen and oxygen atoms in total. The van der Waals surface area contributed by atoms with Crippen LogP contribution in [0.15, 0.2) is 0 Å². The van der Waals surface area contributed by atoms with Crippen LogP contribution in [0.5, 0.6) is 0 Å². The minimum atomic E-state index is -1.47. The van der Waals surface area contributed by atoms with Gasteiger partial charge in [-0.25, -0.2) is 4.79 Å². The molecule has 6 heteroatoms. The van der Waals surface area contributed by atoms with Crippen molar-refractivity contribution >= 4 is 12.0 Å². The van der Waals surface area contributed by atoms with Crippen molar-refractivity contribution in [1.82, 2.24) is 10.4 Å². The minimum Gasteiger partial charge on any atom is -0.463 e. The van der Waals surface area contributed by atoms with Crippen LogP contribution in [0, 0.1) is 0 Å². The zero-order valence-corrected chi connectivity index (χ0v) is 6.94. The van der Waals surface area contributed by atoms with Gasteiger partial charge < -0.3 is 10.4 Å². The maximum absolute atomic E-state index is 10.7. The molecule has 0 aliphatic rings. The topological polar surface area (TPSA) is 89.9 Å². The van der Waals surface area contributed by atoms with E-state index >= 15 is 0 Å².